The largest absolute Gasteiger partial charge is 0.512 e. The summed E-state index contributed by atoms with van der Waals surface area (Å²) in [5.74, 6) is -0.112. The zero-order chi connectivity index (χ0) is 26.8. The smallest absolute Gasteiger partial charge is 0.164 e. The van der Waals surface area contributed by atoms with Crippen LogP contribution in [0.5, 0.6) is 0 Å². The van der Waals surface area contributed by atoms with Crippen LogP contribution in [0.4, 0.5) is 4.39 Å². The van der Waals surface area contributed by atoms with Gasteiger partial charge >= 0.3 is 0 Å². The van der Waals surface area contributed by atoms with Crippen molar-refractivity contribution in [2.75, 3.05) is 0 Å². The Balaban J connectivity index is 0.000000299. The Bertz CT molecular complexity index is 1440. The second kappa shape index (κ2) is 11.7. The average molecular weight is 677 g/mol. The number of allylic oxidation sites excluding steroid dienone is 2. The van der Waals surface area contributed by atoms with Gasteiger partial charge in [-0.05, 0) is 34.0 Å². The number of carbonyl (C=O) groups is 1. The van der Waals surface area contributed by atoms with Gasteiger partial charge in [-0.1, -0.05) is 79.7 Å². The molecule has 0 bridgehead atoms. The molecule has 1 radical (unpaired) electrons. The Labute approximate surface area is 233 Å². The maximum absolute atomic E-state index is 14.5. The zero-order valence-electron chi connectivity index (χ0n) is 22.8. The molecule has 0 aliphatic rings. The van der Waals surface area contributed by atoms with Crippen molar-refractivity contribution in [2.24, 2.45) is 10.8 Å². The predicted molar refractivity (Wildman–Crippen MR) is 148 cm³/mol. The molecule has 1 aromatic heterocycles. The van der Waals surface area contributed by atoms with Crippen molar-refractivity contribution in [3.63, 3.8) is 0 Å². The average Bonchev–Trinajstić information content (AvgIpc) is 2.77. The maximum atomic E-state index is 14.5. The van der Waals surface area contributed by atoms with E-state index in [0.717, 1.165) is 38.5 Å². The van der Waals surface area contributed by atoms with E-state index in [9.17, 15) is 14.3 Å². The molecular formula is C32H35FIrNO2-. The van der Waals surface area contributed by atoms with E-state index < -0.39 is 5.41 Å². The van der Waals surface area contributed by atoms with Gasteiger partial charge in [0.2, 0.25) is 0 Å². The Morgan fingerprint density at radius 1 is 0.892 bits per heavy atom. The zero-order valence-corrected chi connectivity index (χ0v) is 25.2. The Kier molecular flexibility index (Phi) is 9.57. The Hall–Kier alpha value is -2.88. The van der Waals surface area contributed by atoms with Crippen LogP contribution in [0.1, 0.15) is 52.7 Å². The molecule has 0 aliphatic carbocycles. The molecule has 3 nitrogen and oxygen atoms in total. The normalized spacial score (nSPS) is 12.1. The molecule has 37 heavy (non-hydrogen) atoms. The monoisotopic (exact) mass is 677 g/mol. The quantitative estimate of drug-likeness (QED) is 0.100. The van der Waals surface area contributed by atoms with E-state index in [0.29, 0.717) is 5.39 Å². The molecule has 0 spiro atoms. The summed E-state index contributed by atoms with van der Waals surface area (Å²) >= 11 is 0. The molecule has 1 heterocycles. The van der Waals surface area contributed by atoms with E-state index in [1.54, 1.807) is 12.3 Å². The number of hydrogen-bond acceptors (Lipinski definition) is 3. The van der Waals surface area contributed by atoms with Gasteiger partial charge in [0, 0.05) is 48.6 Å². The number of aromatic nitrogens is 1. The fourth-order valence-electron chi connectivity index (χ4n) is 3.78. The third-order valence-corrected chi connectivity index (χ3v) is 5.91. The standard InChI is InChI=1S/C21H15FN.C11H20O2.Ir/c1-13-9-14(2)11-15(10-13)21-19-12-20(22)18-6-4-3-5-16(18)17(19)7-8-23-21;1-10(2,3)8(12)7-9(13)11(4,5)6;/h3-10,12H,1-2H3;7,12H,1-6H3;/q-1;;/b;8-7-;. The summed E-state index contributed by atoms with van der Waals surface area (Å²) < 4.78 is 14.5. The minimum atomic E-state index is -0.417. The molecule has 0 fully saturated rings. The summed E-state index contributed by atoms with van der Waals surface area (Å²) in [6.07, 6.45) is 3.12. The van der Waals surface area contributed by atoms with Crippen molar-refractivity contribution in [3.05, 3.63) is 89.6 Å². The van der Waals surface area contributed by atoms with Crippen LogP contribution in [0.2, 0.25) is 0 Å². The number of ketones is 1. The van der Waals surface area contributed by atoms with Gasteiger partial charge in [0.1, 0.15) is 11.6 Å². The summed E-state index contributed by atoms with van der Waals surface area (Å²) in [7, 11) is 0. The summed E-state index contributed by atoms with van der Waals surface area (Å²) in [4.78, 5) is 16.0. The molecular weight excluding hydrogens is 642 g/mol. The van der Waals surface area contributed by atoms with Crippen molar-refractivity contribution in [3.8, 4) is 11.3 Å². The molecule has 5 heteroatoms. The Morgan fingerprint density at radius 2 is 1.49 bits per heavy atom. The fourth-order valence-corrected chi connectivity index (χ4v) is 3.78. The molecule has 4 rings (SSSR count). The fraction of sp³-hybridized carbons (Fsp3) is 0.312. The molecule has 0 saturated heterocycles. The van der Waals surface area contributed by atoms with Crippen molar-refractivity contribution in [1.29, 1.82) is 0 Å². The summed E-state index contributed by atoms with van der Waals surface area (Å²) in [5.41, 5.74) is 3.12. The summed E-state index contributed by atoms with van der Waals surface area (Å²) in [6, 6.07) is 18.6. The number of aliphatic hydroxyl groups excluding tert-OH is 1. The van der Waals surface area contributed by atoms with Gasteiger partial charge in [-0.2, -0.15) is 0 Å². The third-order valence-electron chi connectivity index (χ3n) is 5.91. The number of carbonyl (C=O) groups excluding carboxylic acids is 1. The van der Waals surface area contributed by atoms with E-state index in [2.05, 4.69) is 17.1 Å². The van der Waals surface area contributed by atoms with Crippen LogP contribution in [0.15, 0.2) is 66.6 Å². The van der Waals surface area contributed by atoms with Crippen LogP contribution in [-0.4, -0.2) is 15.9 Å². The number of aryl methyl sites for hydroxylation is 2. The SMILES string of the molecule is CC(C)(C)C(=O)/C=C(\O)C(C)(C)C.Cc1[c-]c(-c2nccc3c2cc(F)c2ccccc23)cc(C)c1.[Ir]. The molecule has 0 amide bonds. The van der Waals surface area contributed by atoms with Gasteiger partial charge in [0.25, 0.3) is 0 Å². The molecule has 0 unspecified atom stereocenters. The van der Waals surface area contributed by atoms with E-state index in [1.807, 2.05) is 91.8 Å². The van der Waals surface area contributed by atoms with Gasteiger partial charge in [-0.25, -0.2) is 4.39 Å². The number of halogens is 1. The number of benzene rings is 3. The minimum absolute atomic E-state index is 0. The van der Waals surface area contributed by atoms with Crippen LogP contribution in [0.25, 0.3) is 32.8 Å². The van der Waals surface area contributed by atoms with Crippen molar-refractivity contribution < 1.29 is 34.4 Å². The first-order valence-electron chi connectivity index (χ1n) is 12.1. The van der Waals surface area contributed by atoms with Gasteiger partial charge in [-0.15, -0.1) is 34.9 Å². The number of pyridine rings is 1. The third kappa shape index (κ3) is 7.34. The van der Waals surface area contributed by atoms with Crippen LogP contribution in [0.3, 0.4) is 0 Å². The van der Waals surface area contributed by atoms with Crippen LogP contribution >= 0.6 is 0 Å². The molecule has 0 aliphatic heterocycles. The van der Waals surface area contributed by atoms with Gasteiger partial charge in [0.05, 0.1) is 0 Å². The Morgan fingerprint density at radius 3 is 2.05 bits per heavy atom. The van der Waals surface area contributed by atoms with Gasteiger partial charge in [-0.3, -0.25) is 4.79 Å². The van der Waals surface area contributed by atoms with Crippen LogP contribution in [0, 0.1) is 36.6 Å². The van der Waals surface area contributed by atoms with Crippen molar-refractivity contribution >= 4 is 27.3 Å². The number of rotatable bonds is 2. The summed E-state index contributed by atoms with van der Waals surface area (Å²) in [6.45, 7) is 15.2. The van der Waals surface area contributed by atoms with E-state index in [-0.39, 0.29) is 42.9 Å². The molecule has 4 aromatic rings. The van der Waals surface area contributed by atoms with E-state index in [4.69, 9.17) is 0 Å². The number of fused-ring (bicyclic) bond motifs is 3. The first kappa shape index (κ1) is 30.3. The molecule has 0 atom stereocenters. The topological polar surface area (TPSA) is 50.2 Å². The minimum Gasteiger partial charge on any atom is -0.512 e. The first-order valence-corrected chi connectivity index (χ1v) is 12.1. The van der Waals surface area contributed by atoms with Crippen LogP contribution < -0.4 is 0 Å². The first-order chi connectivity index (χ1) is 16.7. The molecule has 0 saturated carbocycles. The number of aliphatic hydroxyl groups is 1. The predicted octanol–water partition coefficient (Wildman–Crippen LogP) is 8.70. The van der Waals surface area contributed by atoms with E-state index >= 15 is 0 Å². The number of nitrogens with zero attached hydrogens (tertiary/aromatic N) is 1. The molecule has 197 valence electrons. The van der Waals surface area contributed by atoms with Crippen molar-refractivity contribution in [1.82, 2.24) is 4.98 Å². The second-order valence-corrected chi connectivity index (χ2v) is 11.3. The molecule has 1 N–H and O–H groups in total. The summed E-state index contributed by atoms with van der Waals surface area (Å²) in [5, 5.41) is 13.0. The maximum Gasteiger partial charge on any atom is 0.164 e. The second-order valence-electron chi connectivity index (χ2n) is 11.3. The van der Waals surface area contributed by atoms with Gasteiger partial charge < -0.3 is 10.1 Å². The van der Waals surface area contributed by atoms with Crippen molar-refractivity contribution in [2.45, 2.75) is 55.4 Å². The van der Waals surface area contributed by atoms with E-state index in [1.165, 1.54) is 6.08 Å². The number of hydrogen-bond donors (Lipinski definition) is 1. The van der Waals surface area contributed by atoms with Crippen LogP contribution in [-0.2, 0) is 24.9 Å². The molecule has 3 aromatic carbocycles. The van der Waals surface area contributed by atoms with Gasteiger partial charge in [0.15, 0.2) is 5.78 Å².